The zero-order valence-electron chi connectivity index (χ0n) is 16.7. The van der Waals surface area contributed by atoms with E-state index in [1.807, 2.05) is 12.1 Å². The van der Waals surface area contributed by atoms with Crippen molar-refractivity contribution in [2.75, 3.05) is 5.32 Å². The fraction of sp³-hybridized carbons (Fsp3) is 0.238. The van der Waals surface area contributed by atoms with Gasteiger partial charge in [0.05, 0.1) is 4.92 Å². The van der Waals surface area contributed by atoms with E-state index in [-0.39, 0.29) is 11.3 Å². The second-order valence-corrected chi connectivity index (χ2v) is 7.39. The van der Waals surface area contributed by atoms with Crippen molar-refractivity contribution in [3.8, 4) is 11.4 Å². The third-order valence-electron chi connectivity index (χ3n) is 4.94. The van der Waals surface area contributed by atoms with Gasteiger partial charge >= 0.3 is 0 Å². The van der Waals surface area contributed by atoms with Crippen LogP contribution in [-0.4, -0.2) is 38.0 Å². The van der Waals surface area contributed by atoms with Gasteiger partial charge in [0.25, 0.3) is 11.6 Å². The number of amides is 2. The van der Waals surface area contributed by atoms with Crippen LogP contribution < -0.4 is 10.6 Å². The molecule has 2 aromatic carbocycles. The molecule has 1 fully saturated rings. The molecule has 1 saturated carbocycles. The maximum Gasteiger partial charge on any atom is 0.270 e. The summed E-state index contributed by atoms with van der Waals surface area (Å²) in [5.41, 5.74) is 1.30. The minimum absolute atomic E-state index is 0.107. The largest absolute Gasteiger partial charge is 0.341 e. The average molecular weight is 420 g/mol. The number of aromatic amines is 1. The van der Waals surface area contributed by atoms with E-state index >= 15 is 0 Å². The lowest BCUT2D eigenvalue weighted by molar-refractivity contribution is -0.384. The number of H-pyrrole nitrogens is 1. The summed E-state index contributed by atoms with van der Waals surface area (Å²) in [4.78, 5) is 39.5. The molecule has 31 heavy (non-hydrogen) atoms. The van der Waals surface area contributed by atoms with E-state index in [4.69, 9.17) is 0 Å². The average Bonchev–Trinajstić information content (AvgIpc) is 3.51. The van der Waals surface area contributed by atoms with Gasteiger partial charge < -0.3 is 10.6 Å². The Morgan fingerprint density at radius 3 is 2.61 bits per heavy atom. The Kier molecular flexibility index (Phi) is 5.44. The zero-order valence-corrected chi connectivity index (χ0v) is 16.7. The van der Waals surface area contributed by atoms with Gasteiger partial charge in [-0.2, -0.15) is 5.10 Å². The number of carbonyl (C=O) groups excluding carboxylic acids is 2. The van der Waals surface area contributed by atoms with Gasteiger partial charge in [-0.3, -0.25) is 24.8 Å². The Morgan fingerprint density at radius 1 is 1.19 bits per heavy atom. The number of hydrogen-bond donors (Lipinski definition) is 3. The molecule has 1 atom stereocenters. The van der Waals surface area contributed by atoms with Gasteiger partial charge in [-0.25, -0.2) is 4.98 Å². The number of nitro groups is 1. The summed E-state index contributed by atoms with van der Waals surface area (Å²) in [6, 6.07) is 11.6. The number of rotatable bonds is 7. The predicted octanol–water partition coefficient (Wildman–Crippen LogP) is 3.01. The number of aromatic nitrogens is 3. The molecule has 3 aromatic rings. The lowest BCUT2D eigenvalue weighted by Gasteiger charge is -2.14. The van der Waals surface area contributed by atoms with Crippen LogP contribution in [0.3, 0.4) is 0 Å². The van der Waals surface area contributed by atoms with Crippen LogP contribution in [0.2, 0.25) is 0 Å². The molecule has 1 aromatic heterocycles. The molecular weight excluding hydrogens is 400 g/mol. The van der Waals surface area contributed by atoms with Crippen molar-refractivity contribution in [3.63, 3.8) is 0 Å². The smallest absolute Gasteiger partial charge is 0.270 e. The summed E-state index contributed by atoms with van der Waals surface area (Å²) in [5.74, 6) is 1.01. The number of nitro benzene ring substituents is 1. The van der Waals surface area contributed by atoms with Crippen molar-refractivity contribution in [1.82, 2.24) is 20.5 Å². The molecule has 2 amide bonds. The summed E-state index contributed by atoms with van der Waals surface area (Å²) in [6.07, 6.45) is 2.27. The van der Waals surface area contributed by atoms with E-state index in [9.17, 15) is 19.7 Å². The number of nitrogens with zero attached hydrogens (tertiary/aromatic N) is 3. The molecule has 158 valence electrons. The maximum atomic E-state index is 12.4. The van der Waals surface area contributed by atoms with Crippen molar-refractivity contribution in [1.29, 1.82) is 0 Å². The van der Waals surface area contributed by atoms with Crippen LogP contribution >= 0.6 is 0 Å². The van der Waals surface area contributed by atoms with Crippen molar-refractivity contribution in [2.45, 2.75) is 31.7 Å². The molecule has 1 unspecified atom stereocenters. The Balaban J connectivity index is 1.35. The molecule has 4 rings (SSSR count). The van der Waals surface area contributed by atoms with Crippen molar-refractivity contribution in [3.05, 3.63) is 70.0 Å². The van der Waals surface area contributed by atoms with Gasteiger partial charge in [-0.05, 0) is 50.1 Å². The molecule has 1 aliphatic carbocycles. The first-order chi connectivity index (χ1) is 14.9. The van der Waals surface area contributed by atoms with Crippen molar-refractivity contribution in [2.24, 2.45) is 0 Å². The summed E-state index contributed by atoms with van der Waals surface area (Å²) < 4.78 is 0. The van der Waals surface area contributed by atoms with Gasteiger partial charge in [0, 0.05) is 34.9 Å². The van der Waals surface area contributed by atoms with E-state index in [0.29, 0.717) is 17.4 Å². The second-order valence-electron chi connectivity index (χ2n) is 7.39. The molecule has 3 N–H and O–H groups in total. The normalized spacial score (nSPS) is 14.0. The Bertz CT molecular complexity index is 1140. The van der Waals surface area contributed by atoms with E-state index in [1.165, 1.54) is 25.1 Å². The first-order valence-electron chi connectivity index (χ1n) is 9.79. The highest BCUT2D eigenvalue weighted by Crippen LogP contribution is 2.38. The highest BCUT2D eigenvalue weighted by atomic mass is 16.6. The SMILES string of the molecule is CC(NC(=O)c1cccc([N+](=O)[O-])c1)C(=O)Nc1ccc(-c2n[nH]c(C3CC3)n2)cc1. The van der Waals surface area contributed by atoms with E-state index in [0.717, 1.165) is 30.3 Å². The van der Waals surface area contributed by atoms with Crippen LogP contribution in [0, 0.1) is 10.1 Å². The minimum Gasteiger partial charge on any atom is -0.341 e. The number of carbonyl (C=O) groups is 2. The molecule has 0 bridgehead atoms. The number of benzene rings is 2. The monoisotopic (exact) mass is 420 g/mol. The summed E-state index contributed by atoms with van der Waals surface area (Å²) >= 11 is 0. The van der Waals surface area contributed by atoms with Gasteiger partial charge in [-0.1, -0.05) is 6.07 Å². The number of nitrogens with one attached hydrogen (secondary N) is 3. The molecule has 1 aliphatic rings. The van der Waals surface area contributed by atoms with E-state index in [2.05, 4.69) is 25.8 Å². The van der Waals surface area contributed by atoms with Gasteiger partial charge in [0.1, 0.15) is 11.9 Å². The molecule has 0 aliphatic heterocycles. The predicted molar refractivity (Wildman–Crippen MR) is 112 cm³/mol. The van der Waals surface area contributed by atoms with Crippen molar-refractivity contribution >= 4 is 23.2 Å². The van der Waals surface area contributed by atoms with Gasteiger partial charge in [0.15, 0.2) is 5.82 Å². The lowest BCUT2D eigenvalue weighted by atomic mass is 10.1. The van der Waals surface area contributed by atoms with Gasteiger partial charge in [-0.15, -0.1) is 0 Å². The van der Waals surface area contributed by atoms with Crippen molar-refractivity contribution < 1.29 is 14.5 Å². The molecule has 10 nitrogen and oxygen atoms in total. The Hall–Kier alpha value is -4.08. The van der Waals surface area contributed by atoms with Crippen LogP contribution in [-0.2, 0) is 4.79 Å². The summed E-state index contributed by atoms with van der Waals surface area (Å²) in [7, 11) is 0. The Morgan fingerprint density at radius 2 is 1.94 bits per heavy atom. The zero-order chi connectivity index (χ0) is 22.0. The maximum absolute atomic E-state index is 12.4. The highest BCUT2D eigenvalue weighted by molar-refractivity contribution is 6.01. The van der Waals surface area contributed by atoms with Crippen LogP contribution in [0.25, 0.3) is 11.4 Å². The number of hydrogen-bond acceptors (Lipinski definition) is 6. The minimum atomic E-state index is -0.847. The third-order valence-corrected chi connectivity index (χ3v) is 4.94. The molecule has 0 saturated heterocycles. The molecule has 1 heterocycles. The molecule has 0 spiro atoms. The molecule has 0 radical (unpaired) electrons. The number of non-ortho nitro benzene ring substituents is 1. The first-order valence-corrected chi connectivity index (χ1v) is 9.79. The Labute approximate surface area is 177 Å². The van der Waals surface area contributed by atoms with Crippen LogP contribution in [0.15, 0.2) is 48.5 Å². The third kappa shape index (κ3) is 4.74. The highest BCUT2D eigenvalue weighted by Gasteiger charge is 2.27. The molecular formula is C21H20N6O4. The summed E-state index contributed by atoms with van der Waals surface area (Å²) in [6.45, 7) is 1.53. The van der Waals surface area contributed by atoms with E-state index < -0.39 is 22.8 Å². The standard InChI is InChI=1S/C21H20N6O4/c1-12(22-21(29)15-3-2-4-17(11-15)27(30)31)20(28)23-16-9-7-14(8-10-16)19-24-18(25-26-19)13-5-6-13/h2-4,7-13H,5-6H2,1H3,(H,22,29)(H,23,28)(H,24,25,26). The summed E-state index contributed by atoms with van der Waals surface area (Å²) in [5, 5.41) is 23.3. The lowest BCUT2D eigenvalue weighted by Crippen LogP contribution is -2.41. The number of anilines is 1. The van der Waals surface area contributed by atoms with Crippen LogP contribution in [0.5, 0.6) is 0 Å². The van der Waals surface area contributed by atoms with Crippen LogP contribution in [0.1, 0.15) is 41.9 Å². The van der Waals surface area contributed by atoms with Gasteiger partial charge in [0.2, 0.25) is 5.91 Å². The fourth-order valence-electron chi connectivity index (χ4n) is 3.00. The molecule has 10 heteroatoms. The van der Waals surface area contributed by atoms with Crippen LogP contribution in [0.4, 0.5) is 11.4 Å². The first kappa shape index (κ1) is 20.2. The topological polar surface area (TPSA) is 143 Å². The second kappa shape index (κ2) is 8.34. The fourth-order valence-corrected chi connectivity index (χ4v) is 3.00. The van der Waals surface area contributed by atoms with E-state index in [1.54, 1.807) is 12.1 Å². The quantitative estimate of drug-likeness (QED) is 0.396.